The number of aryl methyl sites for hydroxylation is 1. The van der Waals surface area contributed by atoms with Crippen LogP contribution in [0.15, 0.2) is 23.1 Å². The lowest BCUT2D eigenvalue weighted by atomic mass is 10.1. The Kier molecular flexibility index (Phi) is 6.80. The zero-order valence-corrected chi connectivity index (χ0v) is 13.4. The second-order valence-electron chi connectivity index (χ2n) is 4.62. The van der Waals surface area contributed by atoms with E-state index in [-0.39, 0.29) is 4.90 Å². The summed E-state index contributed by atoms with van der Waals surface area (Å²) in [5.74, 6) is -0.479. The fourth-order valence-electron chi connectivity index (χ4n) is 1.80. The van der Waals surface area contributed by atoms with Crippen LogP contribution >= 0.6 is 0 Å². The Morgan fingerprint density at radius 3 is 2.52 bits per heavy atom. The fourth-order valence-corrected chi connectivity index (χ4v) is 2.92. The minimum atomic E-state index is -3.56. The Labute approximate surface area is 125 Å². The van der Waals surface area contributed by atoms with Gasteiger partial charge in [0, 0.05) is 13.1 Å². The van der Waals surface area contributed by atoms with Crippen LogP contribution in [0.4, 0.5) is 0 Å². The molecule has 0 heterocycles. The molecule has 0 amide bonds. The van der Waals surface area contributed by atoms with Crippen molar-refractivity contribution in [2.75, 3.05) is 26.7 Å². The van der Waals surface area contributed by atoms with Crippen LogP contribution in [0.2, 0.25) is 0 Å². The average Bonchev–Trinajstić information content (AvgIpc) is 2.46. The maximum atomic E-state index is 12.1. The molecule has 0 atom stereocenters. The first-order chi connectivity index (χ1) is 9.92. The van der Waals surface area contributed by atoms with Gasteiger partial charge in [-0.25, -0.2) is 17.9 Å². The molecule has 0 aliphatic rings. The monoisotopic (exact) mass is 314 g/mol. The van der Waals surface area contributed by atoms with Gasteiger partial charge in [-0.15, -0.1) is 0 Å². The molecule has 118 valence electrons. The van der Waals surface area contributed by atoms with E-state index >= 15 is 0 Å². The highest BCUT2D eigenvalue weighted by Crippen LogP contribution is 2.16. The summed E-state index contributed by atoms with van der Waals surface area (Å²) in [6.07, 6.45) is 1.00. The van der Waals surface area contributed by atoms with Crippen molar-refractivity contribution in [2.45, 2.75) is 25.2 Å². The summed E-state index contributed by atoms with van der Waals surface area (Å²) in [5, 5.41) is 3.11. The van der Waals surface area contributed by atoms with E-state index in [0.29, 0.717) is 24.2 Å². The second kappa shape index (κ2) is 8.11. The summed E-state index contributed by atoms with van der Waals surface area (Å²) < 4.78 is 31.4. The van der Waals surface area contributed by atoms with E-state index in [1.807, 2.05) is 6.92 Å². The van der Waals surface area contributed by atoms with Crippen molar-refractivity contribution in [3.8, 4) is 0 Å². The standard InChI is InChI=1S/C14H22N2O4S/c1-4-7-15-8-9-16-21(18,19)12-5-6-13(11(2)10-12)14(17)20-3/h5-6,10,15-16H,4,7-9H2,1-3H3. The van der Waals surface area contributed by atoms with E-state index < -0.39 is 16.0 Å². The minimum Gasteiger partial charge on any atom is -0.465 e. The van der Waals surface area contributed by atoms with E-state index in [4.69, 9.17) is 0 Å². The van der Waals surface area contributed by atoms with Gasteiger partial charge >= 0.3 is 5.97 Å². The zero-order valence-electron chi connectivity index (χ0n) is 12.6. The number of hydrogen-bond acceptors (Lipinski definition) is 5. The molecule has 0 saturated carbocycles. The van der Waals surface area contributed by atoms with E-state index in [0.717, 1.165) is 13.0 Å². The van der Waals surface area contributed by atoms with Crippen molar-refractivity contribution in [1.29, 1.82) is 0 Å². The Balaban J connectivity index is 2.75. The van der Waals surface area contributed by atoms with E-state index in [1.54, 1.807) is 6.92 Å². The number of benzene rings is 1. The van der Waals surface area contributed by atoms with Crippen LogP contribution in [-0.2, 0) is 14.8 Å². The number of rotatable bonds is 8. The molecule has 0 bridgehead atoms. The molecule has 1 rings (SSSR count). The van der Waals surface area contributed by atoms with Crippen molar-refractivity contribution in [1.82, 2.24) is 10.0 Å². The quantitative estimate of drug-likeness (QED) is 0.554. The maximum absolute atomic E-state index is 12.1. The lowest BCUT2D eigenvalue weighted by Crippen LogP contribution is -2.32. The summed E-state index contributed by atoms with van der Waals surface area (Å²) in [6.45, 7) is 5.47. The van der Waals surface area contributed by atoms with Gasteiger partial charge in [-0.2, -0.15) is 0 Å². The topological polar surface area (TPSA) is 84.5 Å². The van der Waals surface area contributed by atoms with Crippen molar-refractivity contribution >= 4 is 16.0 Å². The minimum absolute atomic E-state index is 0.142. The van der Waals surface area contributed by atoms with Gasteiger partial charge in [0.2, 0.25) is 10.0 Å². The molecule has 1 aromatic rings. The van der Waals surface area contributed by atoms with Gasteiger partial charge in [0.05, 0.1) is 17.6 Å². The molecule has 2 N–H and O–H groups in total. The SMILES string of the molecule is CCCNCCNS(=O)(=O)c1ccc(C(=O)OC)c(C)c1. The van der Waals surface area contributed by atoms with E-state index in [2.05, 4.69) is 14.8 Å². The molecule has 21 heavy (non-hydrogen) atoms. The van der Waals surface area contributed by atoms with Crippen LogP contribution < -0.4 is 10.0 Å². The highest BCUT2D eigenvalue weighted by molar-refractivity contribution is 7.89. The molecule has 0 saturated heterocycles. The lowest BCUT2D eigenvalue weighted by molar-refractivity contribution is 0.0600. The van der Waals surface area contributed by atoms with Crippen molar-refractivity contribution in [3.63, 3.8) is 0 Å². The van der Waals surface area contributed by atoms with Crippen molar-refractivity contribution < 1.29 is 17.9 Å². The summed E-state index contributed by atoms with van der Waals surface area (Å²) in [5.41, 5.74) is 0.926. The average molecular weight is 314 g/mol. The Hall–Kier alpha value is -1.44. The van der Waals surface area contributed by atoms with Crippen LogP contribution in [0.5, 0.6) is 0 Å². The first kappa shape index (κ1) is 17.6. The smallest absolute Gasteiger partial charge is 0.338 e. The first-order valence-electron chi connectivity index (χ1n) is 6.81. The summed E-state index contributed by atoms with van der Waals surface area (Å²) in [4.78, 5) is 11.6. The van der Waals surface area contributed by atoms with E-state index in [1.165, 1.54) is 25.3 Å². The molecule has 1 aromatic carbocycles. The number of esters is 1. The molecule has 0 unspecified atom stereocenters. The van der Waals surface area contributed by atoms with Gasteiger partial charge in [0.25, 0.3) is 0 Å². The number of carbonyl (C=O) groups excluding carboxylic acids is 1. The molecule has 6 nitrogen and oxygen atoms in total. The Morgan fingerprint density at radius 1 is 1.24 bits per heavy atom. The van der Waals surface area contributed by atoms with E-state index in [9.17, 15) is 13.2 Å². The molecule has 7 heteroatoms. The Bertz CT molecular complexity index is 585. The normalized spacial score (nSPS) is 11.4. The third kappa shape index (κ3) is 5.11. The molecular formula is C14H22N2O4S. The number of carbonyl (C=O) groups is 1. The van der Waals surface area contributed by atoms with Crippen LogP contribution in [0.3, 0.4) is 0 Å². The summed E-state index contributed by atoms with van der Waals surface area (Å²) in [6, 6.07) is 4.33. The largest absolute Gasteiger partial charge is 0.465 e. The maximum Gasteiger partial charge on any atom is 0.338 e. The highest BCUT2D eigenvalue weighted by Gasteiger charge is 2.16. The number of hydrogen-bond donors (Lipinski definition) is 2. The molecule has 0 radical (unpaired) electrons. The van der Waals surface area contributed by atoms with Gasteiger partial charge in [-0.05, 0) is 43.7 Å². The predicted octanol–water partition coefficient (Wildman–Crippen LogP) is 1.06. The van der Waals surface area contributed by atoms with Crippen LogP contribution in [-0.4, -0.2) is 41.1 Å². The third-order valence-corrected chi connectivity index (χ3v) is 4.39. The Morgan fingerprint density at radius 2 is 1.95 bits per heavy atom. The summed E-state index contributed by atoms with van der Waals surface area (Å²) >= 11 is 0. The fraction of sp³-hybridized carbons (Fsp3) is 0.500. The number of methoxy groups -OCH3 is 1. The molecule has 0 aromatic heterocycles. The van der Waals surface area contributed by atoms with Crippen LogP contribution in [0.1, 0.15) is 29.3 Å². The number of ether oxygens (including phenoxy) is 1. The van der Waals surface area contributed by atoms with Gasteiger partial charge in [0.1, 0.15) is 0 Å². The van der Waals surface area contributed by atoms with Gasteiger partial charge in [-0.3, -0.25) is 0 Å². The van der Waals surface area contributed by atoms with Crippen molar-refractivity contribution in [2.24, 2.45) is 0 Å². The second-order valence-corrected chi connectivity index (χ2v) is 6.38. The molecule has 0 spiro atoms. The predicted molar refractivity (Wildman–Crippen MR) is 80.9 cm³/mol. The van der Waals surface area contributed by atoms with Crippen LogP contribution in [0, 0.1) is 6.92 Å². The lowest BCUT2D eigenvalue weighted by Gasteiger charge is -2.10. The number of sulfonamides is 1. The highest BCUT2D eigenvalue weighted by atomic mass is 32.2. The molecule has 0 aliphatic carbocycles. The van der Waals surface area contributed by atoms with Gasteiger partial charge in [-0.1, -0.05) is 6.92 Å². The first-order valence-corrected chi connectivity index (χ1v) is 8.30. The van der Waals surface area contributed by atoms with Crippen molar-refractivity contribution in [3.05, 3.63) is 29.3 Å². The molecule has 0 fully saturated rings. The zero-order chi connectivity index (χ0) is 15.9. The third-order valence-electron chi connectivity index (χ3n) is 2.93. The summed E-state index contributed by atoms with van der Waals surface area (Å²) in [7, 11) is -2.27. The van der Waals surface area contributed by atoms with Gasteiger partial charge in [0.15, 0.2) is 0 Å². The molecule has 0 aliphatic heterocycles. The van der Waals surface area contributed by atoms with Gasteiger partial charge < -0.3 is 10.1 Å². The molecular weight excluding hydrogens is 292 g/mol. The number of nitrogens with one attached hydrogen (secondary N) is 2. The van der Waals surface area contributed by atoms with Crippen LogP contribution in [0.25, 0.3) is 0 Å².